The fourth-order valence-electron chi connectivity index (χ4n) is 1.75. The van der Waals surface area contributed by atoms with E-state index in [1.807, 2.05) is 0 Å². The highest BCUT2D eigenvalue weighted by molar-refractivity contribution is 9.10. The van der Waals surface area contributed by atoms with Gasteiger partial charge in [0.15, 0.2) is 0 Å². The number of nitrogens with one attached hydrogen (secondary N) is 2. The second-order valence-corrected chi connectivity index (χ2v) is 5.40. The summed E-state index contributed by atoms with van der Waals surface area (Å²) in [5, 5.41) is 4.93. The summed E-state index contributed by atoms with van der Waals surface area (Å²) in [5.74, 6) is -2.08. The second kappa shape index (κ2) is 7.55. The maximum Gasteiger partial charge on any atom is 0.337 e. The van der Waals surface area contributed by atoms with Crippen LogP contribution in [0.5, 0.6) is 0 Å². The normalized spacial score (nSPS) is 9.83. The van der Waals surface area contributed by atoms with Crippen molar-refractivity contribution in [3.8, 4) is 0 Å². The number of anilines is 2. The van der Waals surface area contributed by atoms with E-state index in [0.29, 0.717) is 16.9 Å². The van der Waals surface area contributed by atoms with Gasteiger partial charge >= 0.3 is 17.8 Å². The highest BCUT2D eigenvalue weighted by Gasteiger charge is 2.14. The molecule has 2 amide bonds. The lowest BCUT2D eigenvalue weighted by Crippen LogP contribution is -2.29. The van der Waals surface area contributed by atoms with Gasteiger partial charge in [0.1, 0.15) is 0 Å². The van der Waals surface area contributed by atoms with E-state index in [1.54, 1.807) is 24.3 Å². The topological polar surface area (TPSA) is 84.5 Å². The summed E-state index contributed by atoms with van der Waals surface area (Å²) in [6.45, 7) is 0. The number of amides is 2. The summed E-state index contributed by atoms with van der Waals surface area (Å²) < 4.78 is 5.36. The zero-order valence-electron chi connectivity index (χ0n) is 12.1. The molecule has 0 saturated heterocycles. The predicted molar refractivity (Wildman–Crippen MR) is 89.2 cm³/mol. The van der Waals surface area contributed by atoms with E-state index in [9.17, 15) is 14.4 Å². The summed E-state index contributed by atoms with van der Waals surface area (Å²) >= 11 is 3.28. The number of hydrogen-bond acceptors (Lipinski definition) is 4. The van der Waals surface area contributed by atoms with Crippen molar-refractivity contribution in [2.45, 2.75) is 0 Å². The van der Waals surface area contributed by atoms with Crippen LogP contribution in [0.1, 0.15) is 10.4 Å². The molecule has 0 saturated carbocycles. The Morgan fingerprint density at radius 3 is 2.09 bits per heavy atom. The molecule has 0 spiro atoms. The Balaban J connectivity index is 1.98. The molecule has 0 unspecified atom stereocenters. The Kier molecular flexibility index (Phi) is 5.48. The zero-order chi connectivity index (χ0) is 16.8. The van der Waals surface area contributed by atoms with Gasteiger partial charge in [-0.2, -0.15) is 0 Å². The largest absolute Gasteiger partial charge is 0.465 e. The van der Waals surface area contributed by atoms with Crippen molar-refractivity contribution < 1.29 is 19.1 Å². The molecule has 7 heteroatoms. The molecular formula is C16H13BrN2O4. The Morgan fingerprint density at radius 2 is 1.52 bits per heavy atom. The van der Waals surface area contributed by atoms with Crippen LogP contribution in [0, 0.1) is 0 Å². The average molecular weight is 377 g/mol. The Labute approximate surface area is 141 Å². The molecule has 0 atom stereocenters. The Hall–Kier alpha value is -2.67. The van der Waals surface area contributed by atoms with Gasteiger partial charge < -0.3 is 15.4 Å². The van der Waals surface area contributed by atoms with Crippen LogP contribution in [0.2, 0.25) is 0 Å². The minimum atomic E-state index is -0.809. The van der Waals surface area contributed by atoms with Gasteiger partial charge in [0.25, 0.3) is 0 Å². The summed E-state index contributed by atoms with van der Waals surface area (Å²) in [6, 6.07) is 12.9. The van der Waals surface area contributed by atoms with E-state index < -0.39 is 17.8 Å². The summed E-state index contributed by atoms with van der Waals surface area (Å²) in [4.78, 5) is 35.0. The molecule has 23 heavy (non-hydrogen) atoms. The van der Waals surface area contributed by atoms with Crippen LogP contribution < -0.4 is 10.6 Å². The molecule has 0 bridgehead atoms. The molecular weight excluding hydrogens is 364 g/mol. The van der Waals surface area contributed by atoms with E-state index in [1.165, 1.54) is 31.4 Å². The fourth-order valence-corrected chi connectivity index (χ4v) is 2.15. The number of carbonyl (C=O) groups is 3. The average Bonchev–Trinajstić information content (AvgIpc) is 2.54. The van der Waals surface area contributed by atoms with Crippen LogP contribution in [0.4, 0.5) is 11.4 Å². The lowest BCUT2D eigenvalue weighted by atomic mass is 10.2. The van der Waals surface area contributed by atoms with Gasteiger partial charge in [-0.25, -0.2) is 4.79 Å². The SMILES string of the molecule is COC(=O)c1ccc(NC(=O)C(=O)Nc2cccc(Br)c2)cc1. The molecule has 0 aliphatic carbocycles. The van der Waals surface area contributed by atoms with Crippen molar-refractivity contribution in [3.05, 3.63) is 58.6 Å². The molecule has 0 fully saturated rings. The van der Waals surface area contributed by atoms with E-state index in [-0.39, 0.29) is 0 Å². The number of hydrogen-bond donors (Lipinski definition) is 2. The lowest BCUT2D eigenvalue weighted by Gasteiger charge is -2.07. The number of rotatable bonds is 3. The van der Waals surface area contributed by atoms with Gasteiger partial charge in [-0.1, -0.05) is 22.0 Å². The molecule has 6 nitrogen and oxygen atoms in total. The number of esters is 1. The number of methoxy groups -OCH3 is 1. The lowest BCUT2D eigenvalue weighted by molar-refractivity contribution is -0.132. The van der Waals surface area contributed by atoms with Crippen molar-refractivity contribution in [1.82, 2.24) is 0 Å². The van der Waals surface area contributed by atoms with Gasteiger partial charge in [0.2, 0.25) is 0 Å². The third-order valence-electron chi connectivity index (χ3n) is 2.85. The molecule has 0 aliphatic rings. The first-order valence-electron chi connectivity index (χ1n) is 6.56. The molecule has 0 aromatic heterocycles. The Bertz CT molecular complexity index is 744. The summed E-state index contributed by atoms with van der Waals surface area (Å²) in [7, 11) is 1.28. The number of carbonyl (C=O) groups excluding carboxylic acids is 3. The maximum absolute atomic E-state index is 11.9. The van der Waals surface area contributed by atoms with Crippen molar-refractivity contribution in [3.63, 3.8) is 0 Å². The number of halogens is 1. The fraction of sp³-hybridized carbons (Fsp3) is 0.0625. The maximum atomic E-state index is 11.9. The van der Waals surface area contributed by atoms with Gasteiger partial charge in [-0.05, 0) is 42.5 Å². The second-order valence-electron chi connectivity index (χ2n) is 4.49. The van der Waals surface area contributed by atoms with E-state index in [0.717, 1.165) is 4.47 Å². The first-order chi connectivity index (χ1) is 11.0. The van der Waals surface area contributed by atoms with Crippen molar-refractivity contribution in [1.29, 1.82) is 0 Å². The number of ether oxygens (including phenoxy) is 1. The molecule has 118 valence electrons. The molecule has 0 aliphatic heterocycles. The van der Waals surface area contributed by atoms with E-state index in [2.05, 4.69) is 31.3 Å². The van der Waals surface area contributed by atoms with Crippen LogP contribution >= 0.6 is 15.9 Å². The Morgan fingerprint density at radius 1 is 0.913 bits per heavy atom. The molecule has 2 N–H and O–H groups in total. The van der Waals surface area contributed by atoms with Gasteiger partial charge in [0.05, 0.1) is 12.7 Å². The van der Waals surface area contributed by atoms with Crippen LogP contribution in [0.3, 0.4) is 0 Å². The van der Waals surface area contributed by atoms with Gasteiger partial charge in [0, 0.05) is 15.8 Å². The third-order valence-corrected chi connectivity index (χ3v) is 3.35. The summed E-state index contributed by atoms with van der Waals surface area (Å²) in [5.41, 5.74) is 1.25. The zero-order valence-corrected chi connectivity index (χ0v) is 13.7. The standard InChI is InChI=1S/C16H13BrN2O4/c1-23-16(22)10-5-7-12(8-6-10)18-14(20)15(21)19-13-4-2-3-11(17)9-13/h2-9H,1H3,(H,18,20)(H,19,21). The van der Waals surface area contributed by atoms with E-state index >= 15 is 0 Å². The van der Waals surface area contributed by atoms with E-state index in [4.69, 9.17) is 0 Å². The predicted octanol–water partition coefficient (Wildman–Crippen LogP) is 2.81. The third kappa shape index (κ3) is 4.65. The molecule has 2 aromatic rings. The highest BCUT2D eigenvalue weighted by Crippen LogP contribution is 2.16. The van der Waals surface area contributed by atoms with Crippen LogP contribution in [0.15, 0.2) is 53.0 Å². The van der Waals surface area contributed by atoms with Crippen LogP contribution in [-0.4, -0.2) is 24.9 Å². The minimum absolute atomic E-state index is 0.351. The first kappa shape index (κ1) is 16.7. The van der Waals surface area contributed by atoms with Crippen molar-refractivity contribution >= 4 is 45.1 Å². The van der Waals surface area contributed by atoms with Crippen LogP contribution in [0.25, 0.3) is 0 Å². The highest BCUT2D eigenvalue weighted by atomic mass is 79.9. The smallest absolute Gasteiger partial charge is 0.337 e. The molecule has 2 aromatic carbocycles. The molecule has 2 rings (SSSR count). The number of benzene rings is 2. The minimum Gasteiger partial charge on any atom is -0.465 e. The first-order valence-corrected chi connectivity index (χ1v) is 7.35. The van der Waals surface area contributed by atoms with Gasteiger partial charge in [-0.15, -0.1) is 0 Å². The molecule has 0 heterocycles. The monoisotopic (exact) mass is 376 g/mol. The quantitative estimate of drug-likeness (QED) is 0.637. The van der Waals surface area contributed by atoms with Crippen molar-refractivity contribution in [2.75, 3.05) is 17.7 Å². The molecule has 0 radical (unpaired) electrons. The summed E-state index contributed by atoms with van der Waals surface area (Å²) in [6.07, 6.45) is 0. The van der Waals surface area contributed by atoms with Gasteiger partial charge in [-0.3, -0.25) is 9.59 Å². The van der Waals surface area contributed by atoms with Crippen molar-refractivity contribution in [2.24, 2.45) is 0 Å². The van der Waals surface area contributed by atoms with Crippen LogP contribution in [-0.2, 0) is 14.3 Å².